The Hall–Kier alpha value is -2.42. The van der Waals surface area contributed by atoms with Gasteiger partial charge in [0.2, 0.25) is 10.0 Å². The number of hydrogen-bond acceptors (Lipinski definition) is 5. The highest BCUT2D eigenvalue weighted by Crippen LogP contribution is 2.26. The third-order valence-corrected chi connectivity index (χ3v) is 5.99. The molecule has 1 amide bonds. The number of sulfonamides is 1. The van der Waals surface area contributed by atoms with Gasteiger partial charge in [-0.05, 0) is 42.2 Å². The molecule has 0 saturated heterocycles. The molecular formula is C22H30N2O5S. The number of carbonyl (C=O) groups is 1. The van der Waals surface area contributed by atoms with Crippen LogP contribution in [0.5, 0.6) is 5.75 Å². The van der Waals surface area contributed by atoms with Gasteiger partial charge in [-0.25, -0.2) is 13.1 Å². The predicted molar refractivity (Wildman–Crippen MR) is 116 cm³/mol. The standard InChI is InChI=1S/C22H30N2O5S/c1-16(2)20-7-5-6-8-21(20)29-17(3)22(25)23-15-18-9-11-19(12-10-18)30(26,27)24-13-14-28-4/h5-12,16-17,24H,13-15H2,1-4H3,(H,23,25). The largest absolute Gasteiger partial charge is 0.481 e. The molecule has 0 bridgehead atoms. The summed E-state index contributed by atoms with van der Waals surface area (Å²) in [6, 6.07) is 14.0. The second-order valence-electron chi connectivity index (χ2n) is 7.20. The normalized spacial score (nSPS) is 12.6. The molecule has 1 atom stereocenters. The van der Waals surface area contributed by atoms with Crippen molar-refractivity contribution >= 4 is 15.9 Å². The van der Waals surface area contributed by atoms with Crippen LogP contribution in [-0.4, -0.2) is 40.7 Å². The molecule has 0 saturated carbocycles. The fraction of sp³-hybridized carbons (Fsp3) is 0.409. The molecule has 164 valence electrons. The van der Waals surface area contributed by atoms with Crippen LogP contribution in [0.3, 0.4) is 0 Å². The Bertz CT molecular complexity index is 927. The minimum atomic E-state index is -3.58. The van der Waals surface area contributed by atoms with Crippen molar-refractivity contribution in [2.45, 2.75) is 44.2 Å². The van der Waals surface area contributed by atoms with Crippen molar-refractivity contribution in [1.82, 2.24) is 10.0 Å². The number of carbonyl (C=O) groups excluding carboxylic acids is 1. The topological polar surface area (TPSA) is 93.7 Å². The number of benzene rings is 2. The van der Waals surface area contributed by atoms with E-state index >= 15 is 0 Å². The van der Waals surface area contributed by atoms with Gasteiger partial charge in [-0.3, -0.25) is 4.79 Å². The fourth-order valence-corrected chi connectivity index (χ4v) is 3.80. The summed E-state index contributed by atoms with van der Waals surface area (Å²) < 4.78 is 37.5. The molecule has 0 radical (unpaired) electrons. The van der Waals surface area contributed by atoms with E-state index in [9.17, 15) is 13.2 Å². The van der Waals surface area contributed by atoms with E-state index in [-0.39, 0.29) is 29.8 Å². The highest BCUT2D eigenvalue weighted by Gasteiger charge is 2.17. The first kappa shape index (κ1) is 23.9. The van der Waals surface area contributed by atoms with Crippen molar-refractivity contribution in [3.8, 4) is 5.75 Å². The van der Waals surface area contributed by atoms with E-state index in [1.165, 1.54) is 19.2 Å². The lowest BCUT2D eigenvalue weighted by Gasteiger charge is -2.18. The molecule has 0 spiro atoms. The molecule has 0 aromatic heterocycles. The maximum Gasteiger partial charge on any atom is 0.261 e. The van der Waals surface area contributed by atoms with Gasteiger partial charge >= 0.3 is 0 Å². The minimum absolute atomic E-state index is 0.163. The molecule has 0 fully saturated rings. The van der Waals surface area contributed by atoms with Crippen molar-refractivity contribution < 1.29 is 22.7 Å². The first-order chi connectivity index (χ1) is 14.2. The lowest BCUT2D eigenvalue weighted by atomic mass is 10.0. The Morgan fingerprint density at radius 3 is 2.33 bits per heavy atom. The number of amides is 1. The van der Waals surface area contributed by atoms with Crippen LogP contribution >= 0.6 is 0 Å². The van der Waals surface area contributed by atoms with Gasteiger partial charge in [-0.15, -0.1) is 0 Å². The summed E-state index contributed by atoms with van der Waals surface area (Å²) in [4.78, 5) is 12.6. The summed E-state index contributed by atoms with van der Waals surface area (Å²) in [6.07, 6.45) is -0.658. The summed E-state index contributed by atoms with van der Waals surface area (Å²) in [5.41, 5.74) is 1.84. The molecule has 0 aliphatic carbocycles. The van der Waals surface area contributed by atoms with Crippen LogP contribution in [-0.2, 0) is 26.1 Å². The maximum atomic E-state index is 12.4. The van der Waals surface area contributed by atoms with Crippen LogP contribution in [0.15, 0.2) is 53.4 Å². The average Bonchev–Trinajstić information content (AvgIpc) is 2.72. The molecule has 0 aliphatic rings. The summed E-state index contributed by atoms with van der Waals surface area (Å²) in [5.74, 6) is 0.743. The van der Waals surface area contributed by atoms with Gasteiger partial charge < -0.3 is 14.8 Å². The van der Waals surface area contributed by atoms with E-state index in [1.807, 2.05) is 24.3 Å². The van der Waals surface area contributed by atoms with E-state index < -0.39 is 16.1 Å². The van der Waals surface area contributed by atoms with Crippen molar-refractivity contribution in [2.75, 3.05) is 20.3 Å². The smallest absolute Gasteiger partial charge is 0.261 e. The zero-order valence-corrected chi connectivity index (χ0v) is 18.7. The summed E-state index contributed by atoms with van der Waals surface area (Å²) in [7, 11) is -2.07. The number of para-hydroxylation sites is 1. The lowest BCUT2D eigenvalue weighted by molar-refractivity contribution is -0.127. The monoisotopic (exact) mass is 434 g/mol. The summed E-state index contributed by atoms with van der Waals surface area (Å²) in [5, 5.41) is 2.82. The predicted octanol–water partition coefficient (Wildman–Crippen LogP) is 2.82. The van der Waals surface area contributed by atoms with Crippen LogP contribution in [0.2, 0.25) is 0 Å². The van der Waals surface area contributed by atoms with E-state index in [0.717, 1.165) is 11.1 Å². The van der Waals surface area contributed by atoms with Gasteiger partial charge in [0.05, 0.1) is 11.5 Å². The third kappa shape index (κ3) is 6.83. The van der Waals surface area contributed by atoms with Gasteiger partial charge in [-0.2, -0.15) is 0 Å². The second-order valence-corrected chi connectivity index (χ2v) is 8.97. The second kappa shape index (κ2) is 11.1. The highest BCUT2D eigenvalue weighted by molar-refractivity contribution is 7.89. The molecule has 0 aliphatic heterocycles. The SMILES string of the molecule is COCCNS(=O)(=O)c1ccc(CNC(=O)C(C)Oc2ccccc2C(C)C)cc1. The quantitative estimate of drug-likeness (QED) is 0.531. The van der Waals surface area contributed by atoms with E-state index in [0.29, 0.717) is 12.4 Å². The zero-order valence-electron chi connectivity index (χ0n) is 17.8. The summed E-state index contributed by atoms with van der Waals surface area (Å²) >= 11 is 0. The van der Waals surface area contributed by atoms with Crippen molar-refractivity contribution in [2.24, 2.45) is 0 Å². The fourth-order valence-electron chi connectivity index (χ4n) is 2.79. The number of methoxy groups -OCH3 is 1. The Labute approximate surface area is 178 Å². The molecule has 2 aromatic rings. The zero-order chi connectivity index (χ0) is 22.1. The Morgan fingerprint density at radius 1 is 1.03 bits per heavy atom. The number of rotatable bonds is 11. The van der Waals surface area contributed by atoms with E-state index in [1.54, 1.807) is 19.1 Å². The molecule has 2 rings (SSSR count). The van der Waals surface area contributed by atoms with E-state index in [2.05, 4.69) is 23.9 Å². The molecule has 30 heavy (non-hydrogen) atoms. The third-order valence-electron chi connectivity index (χ3n) is 4.51. The Kier molecular flexibility index (Phi) is 8.83. The van der Waals surface area contributed by atoms with Crippen LogP contribution in [0.1, 0.15) is 37.8 Å². The number of hydrogen-bond donors (Lipinski definition) is 2. The van der Waals surface area contributed by atoms with Crippen molar-refractivity contribution in [3.05, 3.63) is 59.7 Å². The Balaban J connectivity index is 1.91. The first-order valence-electron chi connectivity index (χ1n) is 9.85. The highest BCUT2D eigenvalue weighted by atomic mass is 32.2. The Morgan fingerprint density at radius 2 is 1.70 bits per heavy atom. The van der Waals surface area contributed by atoms with Crippen LogP contribution in [0.25, 0.3) is 0 Å². The molecule has 1 unspecified atom stereocenters. The average molecular weight is 435 g/mol. The number of ether oxygens (including phenoxy) is 2. The van der Waals surface area contributed by atoms with Gasteiger partial charge in [-0.1, -0.05) is 44.2 Å². The van der Waals surface area contributed by atoms with Gasteiger partial charge in [0.25, 0.3) is 5.91 Å². The van der Waals surface area contributed by atoms with Crippen LogP contribution in [0, 0.1) is 0 Å². The van der Waals surface area contributed by atoms with E-state index in [4.69, 9.17) is 9.47 Å². The van der Waals surface area contributed by atoms with Gasteiger partial charge in [0.1, 0.15) is 5.75 Å². The van der Waals surface area contributed by atoms with Gasteiger partial charge in [0.15, 0.2) is 6.10 Å². The van der Waals surface area contributed by atoms with Crippen molar-refractivity contribution in [1.29, 1.82) is 0 Å². The molecular weight excluding hydrogens is 404 g/mol. The molecule has 2 aromatic carbocycles. The number of nitrogens with one attached hydrogen (secondary N) is 2. The maximum absolute atomic E-state index is 12.4. The van der Waals surface area contributed by atoms with Crippen molar-refractivity contribution in [3.63, 3.8) is 0 Å². The molecule has 0 heterocycles. The molecule has 8 heteroatoms. The van der Waals surface area contributed by atoms with Crippen LogP contribution < -0.4 is 14.8 Å². The minimum Gasteiger partial charge on any atom is -0.481 e. The van der Waals surface area contributed by atoms with Gasteiger partial charge in [0, 0.05) is 20.2 Å². The molecule has 7 nitrogen and oxygen atoms in total. The lowest BCUT2D eigenvalue weighted by Crippen LogP contribution is -2.36. The summed E-state index contributed by atoms with van der Waals surface area (Å²) in [6.45, 7) is 6.62. The molecule has 2 N–H and O–H groups in total. The van der Waals surface area contributed by atoms with Crippen LogP contribution in [0.4, 0.5) is 0 Å². The first-order valence-corrected chi connectivity index (χ1v) is 11.3.